The van der Waals surface area contributed by atoms with Crippen molar-refractivity contribution in [2.24, 2.45) is 5.92 Å². The summed E-state index contributed by atoms with van der Waals surface area (Å²) in [5.41, 5.74) is 2.76. The molecule has 2 rings (SSSR count). The molecule has 0 aliphatic rings. The lowest BCUT2D eigenvalue weighted by Crippen LogP contribution is -2.22. The molecule has 0 bridgehead atoms. The minimum absolute atomic E-state index is 0.0987. The second-order valence-electron chi connectivity index (χ2n) is 6.29. The fraction of sp³-hybridized carbons (Fsp3) is 0.238. The fourth-order valence-corrected chi connectivity index (χ4v) is 2.83. The molecule has 0 aliphatic heterocycles. The van der Waals surface area contributed by atoms with Crippen molar-refractivity contribution in [3.05, 3.63) is 70.7 Å². The number of rotatable bonds is 9. The summed E-state index contributed by atoms with van der Waals surface area (Å²) in [4.78, 5) is 23.7. The quantitative estimate of drug-likeness (QED) is 0.247. The lowest BCUT2D eigenvalue weighted by Gasteiger charge is -2.23. The molecule has 8 nitrogen and oxygen atoms in total. The highest BCUT2D eigenvalue weighted by atomic mass is 79.9. The van der Waals surface area contributed by atoms with Crippen LogP contribution in [0.15, 0.2) is 65.2 Å². The summed E-state index contributed by atoms with van der Waals surface area (Å²) in [6.45, 7) is 1.84. The zero-order valence-electron chi connectivity index (χ0n) is 16.2. The molecule has 0 fully saturated rings. The lowest BCUT2D eigenvalue weighted by atomic mass is 9.96. The van der Waals surface area contributed by atoms with Crippen LogP contribution in [0, 0.1) is 5.92 Å². The van der Waals surface area contributed by atoms with Crippen molar-refractivity contribution in [3.63, 3.8) is 0 Å². The van der Waals surface area contributed by atoms with Gasteiger partial charge in [-0.15, -0.1) is 0 Å². The van der Waals surface area contributed by atoms with Gasteiger partial charge in [0.05, 0.1) is 6.61 Å². The van der Waals surface area contributed by atoms with Gasteiger partial charge in [-0.05, 0) is 42.0 Å². The SMILES string of the molecule is C[C@@H](/C=C/C(=O)NO)[C@@H](OC(=O)Nc1ccc(Br)cc1)c1ccc(OCCO)cc1. The normalized spacial score (nSPS) is 12.8. The van der Waals surface area contributed by atoms with Crippen LogP contribution < -0.4 is 15.5 Å². The molecule has 2 aromatic carbocycles. The zero-order valence-corrected chi connectivity index (χ0v) is 17.8. The molecule has 9 heteroatoms. The van der Waals surface area contributed by atoms with Crippen LogP contribution >= 0.6 is 15.9 Å². The molecule has 30 heavy (non-hydrogen) atoms. The Bertz CT molecular complexity index is 855. The third-order valence-electron chi connectivity index (χ3n) is 4.03. The summed E-state index contributed by atoms with van der Waals surface area (Å²) in [6, 6.07) is 13.9. The minimum Gasteiger partial charge on any atom is -0.491 e. The van der Waals surface area contributed by atoms with Gasteiger partial charge in [0.25, 0.3) is 5.91 Å². The van der Waals surface area contributed by atoms with Gasteiger partial charge in [-0.3, -0.25) is 15.3 Å². The monoisotopic (exact) mass is 478 g/mol. The van der Waals surface area contributed by atoms with Crippen LogP contribution in [0.5, 0.6) is 5.75 Å². The number of carbonyl (C=O) groups is 2. The number of hydrogen-bond acceptors (Lipinski definition) is 6. The van der Waals surface area contributed by atoms with Gasteiger partial charge >= 0.3 is 6.09 Å². The highest BCUT2D eigenvalue weighted by Crippen LogP contribution is 2.29. The molecule has 0 aromatic heterocycles. The van der Waals surface area contributed by atoms with Crippen molar-refractivity contribution < 1.29 is 29.4 Å². The minimum atomic E-state index is -0.713. The van der Waals surface area contributed by atoms with Crippen molar-refractivity contribution in [2.75, 3.05) is 18.5 Å². The lowest BCUT2D eigenvalue weighted by molar-refractivity contribution is -0.124. The summed E-state index contributed by atoms with van der Waals surface area (Å²) in [5.74, 6) is -0.511. The first-order valence-electron chi connectivity index (χ1n) is 9.12. The van der Waals surface area contributed by atoms with Gasteiger partial charge in [0.15, 0.2) is 0 Å². The highest BCUT2D eigenvalue weighted by molar-refractivity contribution is 9.10. The maximum Gasteiger partial charge on any atom is 0.412 e. The molecule has 0 heterocycles. The van der Waals surface area contributed by atoms with Crippen LogP contribution in [0.4, 0.5) is 10.5 Å². The van der Waals surface area contributed by atoms with Crippen molar-refractivity contribution in [1.82, 2.24) is 5.48 Å². The average molecular weight is 479 g/mol. The predicted octanol–water partition coefficient (Wildman–Crippen LogP) is 3.81. The molecule has 0 unspecified atom stereocenters. The highest BCUT2D eigenvalue weighted by Gasteiger charge is 2.22. The third-order valence-corrected chi connectivity index (χ3v) is 4.56. The summed E-state index contributed by atoms with van der Waals surface area (Å²) in [5, 5.41) is 20.2. The smallest absolute Gasteiger partial charge is 0.412 e. The molecule has 2 atom stereocenters. The van der Waals surface area contributed by atoms with Crippen molar-refractivity contribution in [3.8, 4) is 5.75 Å². The van der Waals surface area contributed by atoms with Gasteiger partial charge in [0.2, 0.25) is 0 Å². The first-order valence-corrected chi connectivity index (χ1v) is 9.91. The van der Waals surface area contributed by atoms with E-state index in [1.165, 1.54) is 11.6 Å². The number of benzene rings is 2. The third kappa shape index (κ3) is 7.51. The van der Waals surface area contributed by atoms with Gasteiger partial charge < -0.3 is 14.6 Å². The summed E-state index contributed by atoms with van der Waals surface area (Å²) >= 11 is 3.33. The number of anilines is 1. The van der Waals surface area contributed by atoms with Crippen molar-refractivity contribution in [1.29, 1.82) is 0 Å². The summed E-state index contributed by atoms with van der Waals surface area (Å²) < 4.78 is 11.9. The molecule has 0 saturated carbocycles. The number of hydroxylamine groups is 1. The van der Waals surface area contributed by atoms with E-state index in [0.29, 0.717) is 17.0 Å². The number of ether oxygens (including phenoxy) is 2. The predicted molar refractivity (Wildman–Crippen MR) is 114 cm³/mol. The van der Waals surface area contributed by atoms with E-state index in [2.05, 4.69) is 21.2 Å². The van der Waals surface area contributed by atoms with E-state index >= 15 is 0 Å². The first kappa shape index (κ1) is 23.4. The fourth-order valence-electron chi connectivity index (χ4n) is 2.57. The zero-order chi connectivity index (χ0) is 21.9. The van der Waals surface area contributed by atoms with Gasteiger partial charge in [0, 0.05) is 22.2 Å². The molecular weight excluding hydrogens is 456 g/mol. The Morgan fingerprint density at radius 2 is 1.80 bits per heavy atom. The molecular formula is C21H23BrN2O6. The van der Waals surface area contributed by atoms with E-state index in [9.17, 15) is 9.59 Å². The number of halogens is 1. The Labute approximate surface area is 182 Å². The summed E-state index contributed by atoms with van der Waals surface area (Å²) in [6.07, 6.45) is 1.32. The van der Waals surface area contributed by atoms with Crippen LogP contribution in [0.25, 0.3) is 0 Å². The van der Waals surface area contributed by atoms with Crippen LogP contribution in [0.2, 0.25) is 0 Å². The number of aliphatic hydroxyl groups is 1. The van der Waals surface area contributed by atoms with Crippen molar-refractivity contribution in [2.45, 2.75) is 13.0 Å². The molecule has 0 saturated heterocycles. The maximum absolute atomic E-state index is 12.4. The van der Waals surface area contributed by atoms with E-state index in [-0.39, 0.29) is 19.1 Å². The molecule has 0 spiro atoms. The maximum atomic E-state index is 12.4. The number of nitrogens with one attached hydrogen (secondary N) is 2. The second kappa shape index (κ2) is 12.0. The molecule has 4 N–H and O–H groups in total. The molecule has 160 valence electrons. The van der Waals surface area contributed by atoms with E-state index in [1.807, 2.05) is 0 Å². The Hall–Kier alpha value is -2.88. The number of aliphatic hydroxyl groups excluding tert-OH is 1. The Kier molecular flexibility index (Phi) is 9.33. The molecule has 0 aliphatic carbocycles. The van der Waals surface area contributed by atoms with E-state index in [1.54, 1.807) is 55.5 Å². The Balaban J connectivity index is 2.17. The van der Waals surface area contributed by atoms with Crippen LogP contribution in [0.3, 0.4) is 0 Å². The molecule has 2 aromatic rings. The first-order chi connectivity index (χ1) is 14.4. The Morgan fingerprint density at radius 1 is 1.13 bits per heavy atom. The average Bonchev–Trinajstić information content (AvgIpc) is 2.76. The number of hydrogen-bond donors (Lipinski definition) is 4. The van der Waals surface area contributed by atoms with Gasteiger partial charge in [-0.25, -0.2) is 10.3 Å². The van der Waals surface area contributed by atoms with Gasteiger partial charge in [-0.2, -0.15) is 0 Å². The number of amides is 2. The van der Waals surface area contributed by atoms with Crippen molar-refractivity contribution >= 4 is 33.6 Å². The van der Waals surface area contributed by atoms with Crippen LogP contribution in [-0.2, 0) is 9.53 Å². The van der Waals surface area contributed by atoms with E-state index in [4.69, 9.17) is 19.8 Å². The van der Waals surface area contributed by atoms with Gasteiger partial charge in [0.1, 0.15) is 18.5 Å². The molecule has 0 radical (unpaired) electrons. The van der Waals surface area contributed by atoms with E-state index < -0.39 is 18.1 Å². The molecule has 2 amide bonds. The standard InChI is InChI=1S/C21H23BrN2O6/c1-14(2-11-19(26)24-28)20(15-3-9-18(10-4-15)29-13-12-25)30-21(27)23-17-7-5-16(22)6-8-17/h2-11,14,20,25,28H,12-13H2,1H3,(H,23,27)(H,24,26)/b11-2+/t14-,20+/m0/s1. The van der Waals surface area contributed by atoms with E-state index in [0.717, 1.165) is 10.5 Å². The van der Waals surface area contributed by atoms with Crippen LogP contribution in [0.1, 0.15) is 18.6 Å². The number of carbonyl (C=O) groups excluding carboxylic acids is 2. The summed E-state index contributed by atoms with van der Waals surface area (Å²) in [7, 11) is 0. The van der Waals surface area contributed by atoms with Crippen LogP contribution in [-0.4, -0.2) is 35.5 Å². The largest absolute Gasteiger partial charge is 0.491 e. The topological polar surface area (TPSA) is 117 Å². The second-order valence-corrected chi connectivity index (χ2v) is 7.21. The Morgan fingerprint density at radius 3 is 2.40 bits per heavy atom. The van der Waals surface area contributed by atoms with Gasteiger partial charge in [-0.1, -0.05) is 41.1 Å².